The highest BCUT2D eigenvalue weighted by atomic mass is 32.1. The van der Waals surface area contributed by atoms with Gasteiger partial charge in [0.05, 0.1) is 11.6 Å². The van der Waals surface area contributed by atoms with Crippen molar-refractivity contribution in [3.05, 3.63) is 113 Å². The van der Waals surface area contributed by atoms with Gasteiger partial charge in [-0.05, 0) is 54.4 Å². The lowest BCUT2D eigenvalue weighted by atomic mass is 9.93. The summed E-state index contributed by atoms with van der Waals surface area (Å²) in [5, 5.41) is 8.31. The number of hydrogen-bond donors (Lipinski definition) is 1. The second kappa shape index (κ2) is 9.80. The van der Waals surface area contributed by atoms with Gasteiger partial charge in [0.2, 0.25) is 5.82 Å². The maximum Gasteiger partial charge on any atom is 0.258 e. The van der Waals surface area contributed by atoms with Crippen molar-refractivity contribution < 1.29 is 8.91 Å². The summed E-state index contributed by atoms with van der Waals surface area (Å²) in [6, 6.07) is 24.4. The van der Waals surface area contributed by atoms with Crippen LogP contribution in [-0.4, -0.2) is 20.2 Å². The van der Waals surface area contributed by atoms with Gasteiger partial charge < -0.3 is 14.7 Å². The molecule has 1 atom stereocenters. The van der Waals surface area contributed by atoms with Gasteiger partial charge in [0, 0.05) is 17.8 Å². The van der Waals surface area contributed by atoms with Crippen LogP contribution >= 0.6 is 12.2 Å². The predicted octanol–water partition coefficient (Wildman–Crippen LogP) is 6.30. The molecule has 7 heteroatoms. The topological polar surface area (TPSA) is 54.2 Å². The fraction of sp³-hybridized carbons (Fsp3) is 0.179. The molecule has 4 aromatic rings. The SMILES string of the molecule is CCc1ccc(C2NC(=S)N(Cc3ccc(F)cc3)C(C)=C2c2nc(-c3ccccc3)no2)cc1. The van der Waals surface area contributed by atoms with E-state index < -0.39 is 0 Å². The van der Waals surface area contributed by atoms with Gasteiger partial charge in [-0.15, -0.1) is 0 Å². The van der Waals surface area contributed by atoms with E-state index in [-0.39, 0.29) is 11.9 Å². The van der Waals surface area contributed by atoms with Crippen molar-refractivity contribution in [1.29, 1.82) is 0 Å². The van der Waals surface area contributed by atoms with E-state index in [1.165, 1.54) is 17.7 Å². The Hall–Kier alpha value is -3.84. The van der Waals surface area contributed by atoms with Crippen LogP contribution in [0.15, 0.2) is 89.1 Å². The molecular weight excluding hydrogens is 459 g/mol. The van der Waals surface area contributed by atoms with Crippen molar-refractivity contribution in [2.24, 2.45) is 0 Å². The van der Waals surface area contributed by atoms with Crippen LogP contribution < -0.4 is 5.32 Å². The summed E-state index contributed by atoms with van der Waals surface area (Å²) < 4.78 is 19.2. The third kappa shape index (κ3) is 4.72. The van der Waals surface area contributed by atoms with Crippen molar-refractivity contribution in [3.8, 4) is 11.4 Å². The smallest absolute Gasteiger partial charge is 0.258 e. The quantitative estimate of drug-likeness (QED) is 0.324. The summed E-state index contributed by atoms with van der Waals surface area (Å²) in [5.74, 6) is 0.695. The van der Waals surface area contributed by atoms with E-state index >= 15 is 0 Å². The summed E-state index contributed by atoms with van der Waals surface area (Å²) in [4.78, 5) is 6.73. The van der Waals surface area contributed by atoms with Gasteiger partial charge in [-0.1, -0.05) is 78.8 Å². The fourth-order valence-electron chi connectivity index (χ4n) is 4.25. The number of nitrogens with zero attached hydrogens (tertiary/aromatic N) is 3. The van der Waals surface area contributed by atoms with E-state index in [0.29, 0.717) is 23.4 Å². The first-order valence-electron chi connectivity index (χ1n) is 11.5. The fourth-order valence-corrected chi connectivity index (χ4v) is 4.57. The molecule has 2 heterocycles. The number of thiocarbonyl (C=S) groups is 1. The zero-order valence-electron chi connectivity index (χ0n) is 19.5. The largest absolute Gasteiger partial charge is 0.351 e. The van der Waals surface area contributed by atoms with Crippen molar-refractivity contribution in [3.63, 3.8) is 0 Å². The summed E-state index contributed by atoms with van der Waals surface area (Å²) in [6.45, 7) is 4.63. The van der Waals surface area contributed by atoms with Gasteiger partial charge in [0.1, 0.15) is 5.82 Å². The zero-order chi connectivity index (χ0) is 24.4. The van der Waals surface area contributed by atoms with Gasteiger partial charge in [-0.2, -0.15) is 4.98 Å². The molecular formula is C28H25FN4OS. The second-order valence-corrected chi connectivity index (χ2v) is 8.87. The first-order chi connectivity index (χ1) is 17.0. The highest BCUT2D eigenvalue weighted by Crippen LogP contribution is 2.38. The molecule has 176 valence electrons. The summed E-state index contributed by atoms with van der Waals surface area (Å²) in [5.41, 5.74) is 5.91. The van der Waals surface area contributed by atoms with Crippen LogP contribution in [-0.2, 0) is 13.0 Å². The molecule has 0 bridgehead atoms. The molecule has 5 nitrogen and oxygen atoms in total. The lowest BCUT2D eigenvalue weighted by Crippen LogP contribution is -2.45. The molecule has 5 rings (SSSR count). The van der Waals surface area contributed by atoms with Crippen LogP contribution in [0.2, 0.25) is 0 Å². The number of aromatic nitrogens is 2. The molecule has 3 aromatic carbocycles. The van der Waals surface area contributed by atoms with E-state index in [1.54, 1.807) is 12.1 Å². The molecule has 1 unspecified atom stereocenters. The molecule has 0 saturated carbocycles. The zero-order valence-corrected chi connectivity index (χ0v) is 20.3. The molecule has 0 radical (unpaired) electrons. The van der Waals surface area contributed by atoms with Crippen molar-refractivity contribution in [1.82, 2.24) is 20.4 Å². The Morgan fingerprint density at radius 1 is 0.971 bits per heavy atom. The monoisotopic (exact) mass is 484 g/mol. The minimum atomic E-state index is -0.268. The molecule has 1 aliphatic heterocycles. The highest BCUT2D eigenvalue weighted by molar-refractivity contribution is 7.80. The van der Waals surface area contributed by atoms with E-state index in [2.05, 4.69) is 41.7 Å². The summed E-state index contributed by atoms with van der Waals surface area (Å²) in [7, 11) is 0. The van der Waals surface area contributed by atoms with Gasteiger partial charge >= 0.3 is 0 Å². The second-order valence-electron chi connectivity index (χ2n) is 8.48. The average Bonchev–Trinajstić information content (AvgIpc) is 3.38. The Morgan fingerprint density at radius 3 is 2.34 bits per heavy atom. The third-order valence-electron chi connectivity index (χ3n) is 6.26. The molecule has 0 saturated heterocycles. The minimum absolute atomic E-state index is 0.248. The molecule has 1 aromatic heterocycles. The van der Waals surface area contributed by atoms with Crippen LogP contribution in [0.3, 0.4) is 0 Å². The summed E-state index contributed by atoms with van der Waals surface area (Å²) >= 11 is 5.78. The lowest BCUT2D eigenvalue weighted by molar-refractivity contribution is 0.396. The van der Waals surface area contributed by atoms with Crippen LogP contribution in [0.5, 0.6) is 0 Å². The third-order valence-corrected chi connectivity index (χ3v) is 6.60. The highest BCUT2D eigenvalue weighted by Gasteiger charge is 2.34. The molecule has 0 amide bonds. The van der Waals surface area contributed by atoms with Crippen molar-refractivity contribution in [2.75, 3.05) is 0 Å². The van der Waals surface area contributed by atoms with Crippen molar-refractivity contribution in [2.45, 2.75) is 32.9 Å². The minimum Gasteiger partial charge on any atom is -0.351 e. The molecule has 1 aliphatic rings. The number of nitrogens with one attached hydrogen (secondary N) is 1. The standard InChI is InChI=1S/C28H25FN4OS/c1-3-19-9-13-21(14-10-19)25-24(27-31-26(32-34-27)22-7-5-4-6-8-22)18(2)33(28(35)30-25)17-20-11-15-23(29)16-12-20/h4-16,25H,3,17H2,1-2H3,(H,30,35). The molecule has 0 aliphatic carbocycles. The Bertz CT molecular complexity index is 1360. The maximum absolute atomic E-state index is 13.4. The maximum atomic E-state index is 13.4. The van der Waals surface area contributed by atoms with Crippen molar-refractivity contribution >= 4 is 22.9 Å². The van der Waals surface area contributed by atoms with Crippen LogP contribution in [0.1, 0.15) is 42.5 Å². The molecule has 0 spiro atoms. The number of aryl methyl sites for hydroxylation is 1. The van der Waals surface area contributed by atoms with E-state index in [1.807, 2.05) is 42.2 Å². The molecule has 0 fully saturated rings. The van der Waals surface area contributed by atoms with Gasteiger partial charge in [0.25, 0.3) is 5.89 Å². The molecule has 1 N–H and O–H groups in total. The van der Waals surface area contributed by atoms with E-state index in [0.717, 1.165) is 34.4 Å². The number of rotatable bonds is 6. The normalized spacial score (nSPS) is 15.9. The number of allylic oxidation sites excluding steroid dienone is 1. The Kier molecular flexibility index (Phi) is 6.42. The molecule has 35 heavy (non-hydrogen) atoms. The Labute approximate surface area is 209 Å². The first-order valence-corrected chi connectivity index (χ1v) is 12.0. The number of halogens is 1. The number of hydrogen-bond acceptors (Lipinski definition) is 4. The lowest BCUT2D eigenvalue weighted by Gasteiger charge is -2.37. The summed E-state index contributed by atoms with van der Waals surface area (Å²) in [6.07, 6.45) is 0.966. The van der Waals surface area contributed by atoms with E-state index in [4.69, 9.17) is 21.7 Å². The van der Waals surface area contributed by atoms with Gasteiger partial charge in [-0.25, -0.2) is 4.39 Å². The number of benzene rings is 3. The van der Waals surface area contributed by atoms with Crippen LogP contribution in [0.4, 0.5) is 4.39 Å². The predicted molar refractivity (Wildman–Crippen MR) is 139 cm³/mol. The average molecular weight is 485 g/mol. The van der Waals surface area contributed by atoms with E-state index in [9.17, 15) is 4.39 Å². The van der Waals surface area contributed by atoms with Gasteiger partial charge in [0.15, 0.2) is 5.11 Å². The first kappa shape index (κ1) is 22.9. The van der Waals surface area contributed by atoms with Crippen LogP contribution in [0.25, 0.3) is 17.0 Å². The Balaban J connectivity index is 1.58. The van der Waals surface area contributed by atoms with Gasteiger partial charge in [-0.3, -0.25) is 0 Å². The van der Waals surface area contributed by atoms with Crippen LogP contribution in [0, 0.1) is 5.82 Å². The Morgan fingerprint density at radius 2 is 1.66 bits per heavy atom.